The van der Waals surface area contributed by atoms with Gasteiger partial charge in [-0.25, -0.2) is 9.37 Å². The molecule has 200 valence electrons. The quantitative estimate of drug-likeness (QED) is 0.242. The summed E-state index contributed by atoms with van der Waals surface area (Å²) in [5.74, 6) is -1.07. The van der Waals surface area contributed by atoms with Crippen molar-refractivity contribution in [3.05, 3.63) is 105 Å². The van der Waals surface area contributed by atoms with Gasteiger partial charge in [-0.3, -0.25) is 14.5 Å². The normalized spacial score (nSPS) is 11.8. The molecule has 5 aromatic rings. The number of rotatable bonds is 6. The molecule has 5 rings (SSSR count). The van der Waals surface area contributed by atoms with Crippen LogP contribution in [0.4, 0.5) is 17.6 Å². The third-order valence-electron chi connectivity index (χ3n) is 6.20. The van der Waals surface area contributed by atoms with Crippen LogP contribution in [-0.2, 0) is 26.4 Å². The Kier molecular flexibility index (Phi) is 6.85. The standard InChI is InChI=1S/C27H20ClF4N5O2/c1-15-8-19(23-6-7-34-36(23)2)18-4-3-5-24(25(18)35-15)39-14-20-16(10-33-11-21(20)28)12-37-13-17(27(30,31)32)9-22(29)26(37)38/h3-11,13H,12,14H2,1-2H3. The van der Waals surface area contributed by atoms with Gasteiger partial charge in [0.1, 0.15) is 17.9 Å². The van der Waals surface area contributed by atoms with E-state index in [0.717, 1.165) is 22.3 Å². The van der Waals surface area contributed by atoms with Crippen molar-refractivity contribution in [1.29, 1.82) is 0 Å². The number of aryl methyl sites for hydroxylation is 2. The molecule has 0 radical (unpaired) electrons. The number of fused-ring (bicyclic) bond motifs is 1. The summed E-state index contributed by atoms with van der Waals surface area (Å²) in [7, 11) is 1.84. The lowest BCUT2D eigenvalue weighted by Crippen LogP contribution is -2.26. The maximum Gasteiger partial charge on any atom is 0.417 e. The Balaban J connectivity index is 1.51. The Morgan fingerprint density at radius 3 is 2.64 bits per heavy atom. The highest BCUT2D eigenvalue weighted by molar-refractivity contribution is 6.31. The molecule has 0 bridgehead atoms. The Morgan fingerprint density at radius 2 is 1.92 bits per heavy atom. The fourth-order valence-electron chi connectivity index (χ4n) is 4.32. The molecule has 0 saturated carbocycles. The maximum atomic E-state index is 14.1. The minimum atomic E-state index is -4.83. The first-order valence-electron chi connectivity index (χ1n) is 11.6. The topological polar surface area (TPSA) is 74.8 Å². The van der Waals surface area contributed by atoms with E-state index in [1.165, 1.54) is 12.4 Å². The second-order valence-electron chi connectivity index (χ2n) is 8.86. The molecule has 0 N–H and O–H groups in total. The molecule has 4 heterocycles. The molecular weight excluding hydrogens is 538 g/mol. The highest BCUT2D eigenvalue weighted by atomic mass is 35.5. The van der Waals surface area contributed by atoms with Gasteiger partial charge < -0.3 is 9.30 Å². The van der Waals surface area contributed by atoms with Gasteiger partial charge in [0.05, 0.1) is 22.8 Å². The van der Waals surface area contributed by atoms with Crippen LogP contribution in [-0.4, -0.2) is 24.3 Å². The van der Waals surface area contributed by atoms with E-state index in [9.17, 15) is 22.4 Å². The summed E-state index contributed by atoms with van der Waals surface area (Å²) in [5, 5.41) is 5.25. The van der Waals surface area contributed by atoms with Gasteiger partial charge >= 0.3 is 6.18 Å². The molecule has 0 atom stereocenters. The van der Waals surface area contributed by atoms with Gasteiger partial charge in [0.25, 0.3) is 5.56 Å². The summed E-state index contributed by atoms with van der Waals surface area (Å²) in [6, 6.07) is 9.48. The van der Waals surface area contributed by atoms with Gasteiger partial charge in [0.2, 0.25) is 0 Å². The number of ether oxygens (including phenoxy) is 1. The number of aromatic nitrogens is 5. The number of para-hydroxylation sites is 1. The highest BCUT2D eigenvalue weighted by Crippen LogP contribution is 2.34. The first-order chi connectivity index (χ1) is 18.5. The van der Waals surface area contributed by atoms with Crippen molar-refractivity contribution < 1.29 is 22.3 Å². The van der Waals surface area contributed by atoms with Crippen molar-refractivity contribution in [3.8, 4) is 17.0 Å². The largest absolute Gasteiger partial charge is 0.487 e. The van der Waals surface area contributed by atoms with Gasteiger partial charge in [-0.05, 0) is 36.8 Å². The van der Waals surface area contributed by atoms with E-state index in [-0.39, 0.29) is 17.7 Å². The van der Waals surface area contributed by atoms with Crippen LogP contribution in [0, 0.1) is 12.7 Å². The third-order valence-corrected chi connectivity index (χ3v) is 6.53. The smallest absolute Gasteiger partial charge is 0.417 e. The van der Waals surface area contributed by atoms with Gasteiger partial charge in [0, 0.05) is 54.0 Å². The van der Waals surface area contributed by atoms with Crippen LogP contribution >= 0.6 is 11.6 Å². The molecular formula is C27H20ClF4N5O2. The minimum absolute atomic E-state index is 0.108. The molecule has 0 aliphatic heterocycles. The van der Waals surface area contributed by atoms with Crippen molar-refractivity contribution in [2.75, 3.05) is 0 Å². The van der Waals surface area contributed by atoms with Crippen LogP contribution in [0.1, 0.15) is 22.4 Å². The van der Waals surface area contributed by atoms with Crippen LogP contribution in [0.25, 0.3) is 22.2 Å². The minimum Gasteiger partial charge on any atom is -0.487 e. The molecule has 0 aliphatic carbocycles. The van der Waals surface area contributed by atoms with Crippen molar-refractivity contribution in [2.24, 2.45) is 7.05 Å². The summed E-state index contributed by atoms with van der Waals surface area (Å²) in [5.41, 5.74) is 1.34. The van der Waals surface area contributed by atoms with Gasteiger partial charge in [0.15, 0.2) is 5.82 Å². The van der Waals surface area contributed by atoms with E-state index < -0.39 is 29.7 Å². The van der Waals surface area contributed by atoms with Gasteiger partial charge in [-0.1, -0.05) is 23.7 Å². The lowest BCUT2D eigenvalue weighted by Gasteiger charge is -2.16. The average Bonchev–Trinajstić information content (AvgIpc) is 3.31. The van der Waals surface area contributed by atoms with Crippen molar-refractivity contribution in [1.82, 2.24) is 24.3 Å². The fourth-order valence-corrected chi connectivity index (χ4v) is 4.55. The Labute approximate surface area is 224 Å². The Hall–Kier alpha value is -4.25. The van der Waals surface area contributed by atoms with Crippen molar-refractivity contribution >= 4 is 22.5 Å². The van der Waals surface area contributed by atoms with E-state index in [0.29, 0.717) is 33.2 Å². The lowest BCUT2D eigenvalue weighted by molar-refractivity contribution is -0.138. The van der Waals surface area contributed by atoms with E-state index >= 15 is 0 Å². The monoisotopic (exact) mass is 557 g/mol. The van der Waals surface area contributed by atoms with Crippen LogP contribution in [0.3, 0.4) is 0 Å². The molecule has 0 spiro atoms. The number of halogens is 5. The summed E-state index contributed by atoms with van der Waals surface area (Å²) in [4.78, 5) is 20.9. The van der Waals surface area contributed by atoms with Crippen LogP contribution < -0.4 is 10.3 Å². The number of nitrogens with zero attached hydrogens (tertiary/aromatic N) is 5. The van der Waals surface area contributed by atoms with E-state index in [4.69, 9.17) is 16.3 Å². The van der Waals surface area contributed by atoms with Gasteiger partial charge in [-0.15, -0.1) is 0 Å². The molecule has 39 heavy (non-hydrogen) atoms. The zero-order valence-electron chi connectivity index (χ0n) is 20.6. The second-order valence-corrected chi connectivity index (χ2v) is 9.27. The van der Waals surface area contributed by atoms with Gasteiger partial charge in [-0.2, -0.15) is 18.3 Å². The summed E-state index contributed by atoms with van der Waals surface area (Å²) < 4.78 is 62.2. The highest BCUT2D eigenvalue weighted by Gasteiger charge is 2.32. The molecule has 0 fully saturated rings. The molecule has 1 aromatic carbocycles. The second kappa shape index (κ2) is 10.1. The molecule has 4 aromatic heterocycles. The summed E-state index contributed by atoms with van der Waals surface area (Å²) in [6.45, 7) is 1.35. The zero-order valence-corrected chi connectivity index (χ0v) is 21.4. The SMILES string of the molecule is Cc1cc(-c2ccnn2C)c2cccc(OCc3c(Cl)cncc3Cn3cc(C(F)(F)F)cc(F)c3=O)c2n1. The molecule has 0 amide bonds. The third kappa shape index (κ3) is 5.22. The maximum absolute atomic E-state index is 14.1. The van der Waals surface area contributed by atoms with Crippen LogP contribution in [0.15, 0.2) is 66.0 Å². The molecule has 0 saturated heterocycles. The Morgan fingerprint density at radius 1 is 1.13 bits per heavy atom. The molecule has 7 nitrogen and oxygen atoms in total. The van der Waals surface area contributed by atoms with Crippen molar-refractivity contribution in [3.63, 3.8) is 0 Å². The number of hydrogen-bond donors (Lipinski definition) is 0. The molecule has 12 heteroatoms. The number of hydrogen-bond acceptors (Lipinski definition) is 5. The number of alkyl halides is 3. The number of benzene rings is 1. The van der Waals surface area contributed by atoms with E-state index in [1.807, 2.05) is 38.2 Å². The average molecular weight is 558 g/mol. The first kappa shape index (κ1) is 26.4. The van der Waals surface area contributed by atoms with Crippen LogP contribution in [0.5, 0.6) is 5.75 Å². The van der Waals surface area contributed by atoms with Crippen molar-refractivity contribution in [2.45, 2.75) is 26.3 Å². The van der Waals surface area contributed by atoms with E-state index in [2.05, 4.69) is 15.1 Å². The Bertz CT molecular complexity index is 1760. The van der Waals surface area contributed by atoms with E-state index in [1.54, 1.807) is 16.9 Å². The summed E-state index contributed by atoms with van der Waals surface area (Å²) in [6.07, 6.45) is 0.134. The predicted molar refractivity (Wildman–Crippen MR) is 137 cm³/mol. The van der Waals surface area contributed by atoms with Crippen LogP contribution in [0.2, 0.25) is 5.02 Å². The molecule has 0 unspecified atom stereocenters. The summed E-state index contributed by atoms with van der Waals surface area (Å²) >= 11 is 6.38. The molecule has 0 aliphatic rings. The number of pyridine rings is 3. The zero-order chi connectivity index (χ0) is 27.9. The fraction of sp³-hybridized carbons (Fsp3) is 0.185. The lowest BCUT2D eigenvalue weighted by atomic mass is 10.0. The predicted octanol–water partition coefficient (Wildman–Crippen LogP) is 5.94. The first-order valence-corrected chi connectivity index (χ1v) is 12.0.